The average molecular weight is 519 g/mol. The van der Waals surface area contributed by atoms with E-state index in [2.05, 4.69) is 22.9 Å². The van der Waals surface area contributed by atoms with Gasteiger partial charge in [-0.3, -0.25) is 9.59 Å². The first-order chi connectivity index (χ1) is 18.5. The Balaban J connectivity index is 1.18. The minimum absolute atomic E-state index is 0.0303. The van der Waals surface area contributed by atoms with Crippen molar-refractivity contribution in [3.05, 3.63) is 53.6 Å². The van der Waals surface area contributed by atoms with Crippen molar-refractivity contribution in [1.82, 2.24) is 19.4 Å². The molecule has 1 aromatic carbocycles. The fourth-order valence-electron chi connectivity index (χ4n) is 7.35. The maximum absolute atomic E-state index is 13.3. The third-order valence-corrected chi connectivity index (χ3v) is 9.76. The predicted octanol–water partition coefficient (Wildman–Crippen LogP) is 4.64. The van der Waals surface area contributed by atoms with Crippen LogP contribution in [-0.4, -0.2) is 68.1 Å². The molecule has 2 aliphatic carbocycles. The highest BCUT2D eigenvalue weighted by Gasteiger charge is 2.50. The fourth-order valence-corrected chi connectivity index (χ4v) is 7.35. The first kappa shape index (κ1) is 25.6. The lowest BCUT2D eigenvalue weighted by Gasteiger charge is -2.47. The Morgan fingerprint density at radius 3 is 2.05 bits per heavy atom. The molecule has 1 spiro atoms. The topological polar surface area (TPSA) is 78.7 Å². The Labute approximate surface area is 226 Å². The summed E-state index contributed by atoms with van der Waals surface area (Å²) >= 11 is 0. The number of aryl methyl sites for hydroxylation is 1. The van der Waals surface area contributed by atoms with Gasteiger partial charge in [-0.15, -0.1) is 0 Å². The lowest BCUT2D eigenvalue weighted by atomic mass is 9.68. The normalized spacial score (nSPS) is 25.0. The van der Waals surface area contributed by atoms with E-state index < -0.39 is 5.60 Å². The first-order valence-electron chi connectivity index (χ1n) is 14.9. The summed E-state index contributed by atoms with van der Waals surface area (Å²) in [5.41, 5.74) is 0.992. The zero-order chi connectivity index (χ0) is 26.2. The van der Waals surface area contributed by atoms with Gasteiger partial charge in [-0.1, -0.05) is 57.1 Å². The molecular weight excluding hydrogens is 476 g/mol. The Hall–Kier alpha value is -2.67. The van der Waals surface area contributed by atoms with E-state index in [4.69, 9.17) is 4.98 Å². The summed E-state index contributed by atoms with van der Waals surface area (Å²) in [5, 5.41) is 10.1. The van der Waals surface area contributed by atoms with Crippen molar-refractivity contribution in [3.8, 4) is 0 Å². The van der Waals surface area contributed by atoms with Crippen molar-refractivity contribution in [2.45, 2.75) is 101 Å². The third kappa shape index (κ3) is 4.78. The maximum Gasteiger partial charge on any atom is 0.254 e. The van der Waals surface area contributed by atoms with Crippen LogP contribution in [0, 0.1) is 0 Å². The summed E-state index contributed by atoms with van der Waals surface area (Å²) in [7, 11) is 0. The van der Waals surface area contributed by atoms with E-state index in [0.29, 0.717) is 50.5 Å². The molecule has 6 rings (SSSR count). The second kappa shape index (κ2) is 10.5. The van der Waals surface area contributed by atoms with Crippen LogP contribution in [0.25, 0.3) is 0 Å². The van der Waals surface area contributed by atoms with E-state index in [-0.39, 0.29) is 17.4 Å². The van der Waals surface area contributed by atoms with Gasteiger partial charge in [0.2, 0.25) is 0 Å². The van der Waals surface area contributed by atoms with Gasteiger partial charge < -0.3 is 19.5 Å². The van der Waals surface area contributed by atoms with Crippen molar-refractivity contribution in [3.63, 3.8) is 0 Å². The van der Waals surface area contributed by atoms with Gasteiger partial charge in [0.1, 0.15) is 11.4 Å². The van der Waals surface area contributed by atoms with E-state index in [1.807, 2.05) is 23.2 Å². The van der Waals surface area contributed by atoms with Crippen LogP contribution < -0.4 is 0 Å². The number of carbonyl (C=O) groups is 2. The lowest BCUT2D eigenvalue weighted by molar-refractivity contribution is -0.143. The summed E-state index contributed by atoms with van der Waals surface area (Å²) < 4.78 is 2.53. The summed E-state index contributed by atoms with van der Waals surface area (Å²) in [6, 6.07) is 8.42. The van der Waals surface area contributed by atoms with Gasteiger partial charge >= 0.3 is 0 Å². The lowest BCUT2D eigenvalue weighted by Crippen LogP contribution is -2.53. The number of aromatic nitrogens is 2. The summed E-state index contributed by atoms with van der Waals surface area (Å²) in [6.45, 7) is 2.00. The Morgan fingerprint density at radius 2 is 1.42 bits per heavy atom. The van der Waals surface area contributed by atoms with E-state index in [0.717, 1.165) is 12.8 Å². The highest BCUT2D eigenvalue weighted by molar-refractivity contribution is 5.94. The van der Waals surface area contributed by atoms with Crippen LogP contribution in [0.3, 0.4) is 0 Å². The van der Waals surface area contributed by atoms with Gasteiger partial charge in [0.05, 0.1) is 5.54 Å². The van der Waals surface area contributed by atoms with E-state index in [1.165, 1.54) is 69.2 Å². The molecule has 2 aromatic rings. The summed E-state index contributed by atoms with van der Waals surface area (Å²) in [4.78, 5) is 34.0. The molecule has 2 amide bonds. The largest absolute Gasteiger partial charge is 0.380 e. The van der Waals surface area contributed by atoms with Gasteiger partial charge in [-0.25, -0.2) is 4.98 Å². The zero-order valence-corrected chi connectivity index (χ0v) is 22.6. The van der Waals surface area contributed by atoms with Gasteiger partial charge in [0, 0.05) is 56.5 Å². The quantitative estimate of drug-likeness (QED) is 0.642. The standard InChI is InChI=1S/C31H42N4O3/c36-28(33-20-22-34(23-21-33)29(37)31(38)16-17-31)25-10-8-24(9-11-25)26-12-13-27-32-18-19-35(27)30(26)14-6-4-2-1-3-5-7-15-30/h8-11,18-19,26,38H,1-7,12-17,20-23H2. The number of hydrogen-bond acceptors (Lipinski definition) is 4. The van der Waals surface area contributed by atoms with Gasteiger partial charge in [-0.2, -0.15) is 0 Å². The number of imidazole rings is 1. The number of aliphatic hydroxyl groups is 1. The van der Waals surface area contributed by atoms with Gasteiger partial charge in [-0.05, 0) is 49.8 Å². The van der Waals surface area contributed by atoms with Crippen LogP contribution >= 0.6 is 0 Å². The van der Waals surface area contributed by atoms with Crippen molar-refractivity contribution < 1.29 is 14.7 Å². The van der Waals surface area contributed by atoms with Crippen LogP contribution in [0.15, 0.2) is 36.7 Å². The minimum atomic E-state index is -1.13. The number of hydrogen-bond donors (Lipinski definition) is 1. The van der Waals surface area contributed by atoms with Crippen molar-refractivity contribution in [1.29, 1.82) is 0 Å². The fraction of sp³-hybridized carbons (Fsp3) is 0.645. The molecule has 0 bridgehead atoms. The molecular formula is C31H42N4O3. The predicted molar refractivity (Wildman–Crippen MR) is 146 cm³/mol. The summed E-state index contributed by atoms with van der Waals surface area (Å²) in [6.07, 6.45) is 19.0. The molecule has 1 aromatic heterocycles. The van der Waals surface area contributed by atoms with Crippen LogP contribution in [-0.2, 0) is 16.8 Å². The molecule has 3 fully saturated rings. The molecule has 1 unspecified atom stereocenters. The molecule has 7 heteroatoms. The van der Waals surface area contributed by atoms with Crippen LogP contribution in [0.2, 0.25) is 0 Å². The molecule has 2 aliphatic heterocycles. The smallest absolute Gasteiger partial charge is 0.254 e. The van der Waals surface area contributed by atoms with E-state index in [1.54, 1.807) is 4.90 Å². The molecule has 1 atom stereocenters. The Morgan fingerprint density at radius 1 is 0.816 bits per heavy atom. The first-order valence-corrected chi connectivity index (χ1v) is 14.9. The molecule has 3 heterocycles. The highest BCUT2D eigenvalue weighted by Crippen LogP contribution is 2.49. The highest BCUT2D eigenvalue weighted by atomic mass is 16.3. The van der Waals surface area contributed by atoms with Crippen molar-refractivity contribution in [2.75, 3.05) is 26.2 Å². The second-order valence-electron chi connectivity index (χ2n) is 12.1. The minimum Gasteiger partial charge on any atom is -0.380 e. The number of carbonyl (C=O) groups excluding carboxylic acids is 2. The SMILES string of the molecule is O=C(c1ccc(C2CCc3nccn3C23CCCCCCCCC3)cc1)N1CCN(C(=O)C2(O)CC2)CC1. The zero-order valence-electron chi connectivity index (χ0n) is 22.6. The number of benzene rings is 1. The Kier molecular flexibility index (Phi) is 7.06. The van der Waals surface area contributed by atoms with Crippen LogP contribution in [0.5, 0.6) is 0 Å². The second-order valence-corrected chi connectivity index (χ2v) is 12.1. The summed E-state index contributed by atoms with van der Waals surface area (Å²) in [5.74, 6) is 1.52. The number of amides is 2. The van der Waals surface area contributed by atoms with E-state index >= 15 is 0 Å². The van der Waals surface area contributed by atoms with Gasteiger partial charge in [0.15, 0.2) is 0 Å². The number of fused-ring (bicyclic) bond motifs is 2. The van der Waals surface area contributed by atoms with Crippen molar-refractivity contribution in [2.24, 2.45) is 0 Å². The molecule has 4 aliphatic rings. The monoisotopic (exact) mass is 518 g/mol. The Bertz CT molecular complexity index is 1130. The molecule has 7 nitrogen and oxygen atoms in total. The number of nitrogens with zero attached hydrogens (tertiary/aromatic N) is 4. The molecule has 1 N–H and O–H groups in total. The molecule has 38 heavy (non-hydrogen) atoms. The number of rotatable bonds is 3. The van der Waals surface area contributed by atoms with E-state index in [9.17, 15) is 14.7 Å². The van der Waals surface area contributed by atoms with Crippen LogP contribution in [0.1, 0.15) is 105 Å². The molecule has 0 radical (unpaired) electrons. The van der Waals surface area contributed by atoms with Crippen LogP contribution in [0.4, 0.5) is 0 Å². The van der Waals surface area contributed by atoms with Crippen molar-refractivity contribution >= 4 is 11.8 Å². The molecule has 1 saturated heterocycles. The number of piperazine rings is 1. The third-order valence-electron chi connectivity index (χ3n) is 9.76. The molecule has 2 saturated carbocycles. The van der Waals surface area contributed by atoms with Gasteiger partial charge in [0.25, 0.3) is 11.8 Å². The average Bonchev–Trinajstić information content (AvgIpc) is 3.51. The molecule has 204 valence electrons. The maximum atomic E-state index is 13.3.